The summed E-state index contributed by atoms with van der Waals surface area (Å²) >= 11 is 2.62. The quantitative estimate of drug-likeness (QED) is 0.590. The van der Waals surface area contributed by atoms with Crippen molar-refractivity contribution in [3.8, 4) is 0 Å². The van der Waals surface area contributed by atoms with Crippen molar-refractivity contribution in [2.45, 2.75) is 37.1 Å². The first-order valence-electron chi connectivity index (χ1n) is 8.99. The standard InChI is InChI=1S/C18H23N5O3S2/c1-11-5-6-13(8-12(11)2)20-16(25)21-15(24)10-27-18-23-22-17(28-18)19-9-14-4-3-7-26-14/h5-6,8,14H,3-4,7,9-10H2,1-2H3,(H,19,22)(H2,20,21,24,25). The van der Waals surface area contributed by atoms with Crippen LogP contribution in [-0.2, 0) is 9.53 Å². The average Bonchev–Trinajstić information content (AvgIpc) is 3.33. The number of carbonyl (C=O) groups is 2. The van der Waals surface area contributed by atoms with Gasteiger partial charge in [0, 0.05) is 18.8 Å². The number of amides is 3. The second-order valence-electron chi connectivity index (χ2n) is 6.48. The highest BCUT2D eigenvalue weighted by atomic mass is 32.2. The molecule has 0 aliphatic carbocycles. The summed E-state index contributed by atoms with van der Waals surface area (Å²) in [5, 5.41) is 17.0. The Labute approximate surface area is 171 Å². The molecule has 1 aliphatic heterocycles. The summed E-state index contributed by atoms with van der Waals surface area (Å²) in [6, 6.07) is 5.03. The summed E-state index contributed by atoms with van der Waals surface area (Å²) in [5.74, 6) is -0.309. The number of nitrogens with one attached hydrogen (secondary N) is 3. The summed E-state index contributed by atoms with van der Waals surface area (Å²) < 4.78 is 6.22. The molecule has 0 bridgehead atoms. The molecular formula is C18H23N5O3S2. The van der Waals surface area contributed by atoms with Crippen molar-refractivity contribution in [2.75, 3.05) is 29.5 Å². The van der Waals surface area contributed by atoms with Gasteiger partial charge in [-0.05, 0) is 49.9 Å². The Bertz CT molecular complexity index is 836. The molecule has 1 aromatic carbocycles. The molecule has 1 saturated heterocycles. The zero-order valence-electron chi connectivity index (χ0n) is 15.8. The summed E-state index contributed by atoms with van der Waals surface area (Å²) in [4.78, 5) is 23.9. The highest BCUT2D eigenvalue weighted by Gasteiger charge is 2.16. The second kappa shape index (κ2) is 9.85. The molecule has 1 atom stereocenters. The van der Waals surface area contributed by atoms with Crippen molar-refractivity contribution in [1.29, 1.82) is 0 Å². The molecule has 3 amide bonds. The van der Waals surface area contributed by atoms with Crippen LogP contribution in [0.2, 0.25) is 0 Å². The fourth-order valence-electron chi connectivity index (χ4n) is 2.62. The van der Waals surface area contributed by atoms with Gasteiger partial charge in [-0.1, -0.05) is 29.2 Å². The SMILES string of the molecule is Cc1ccc(NC(=O)NC(=O)CSc2nnc(NCC3CCCO3)s2)cc1C. The number of imide groups is 1. The van der Waals surface area contributed by atoms with Gasteiger partial charge < -0.3 is 15.4 Å². The fraction of sp³-hybridized carbons (Fsp3) is 0.444. The van der Waals surface area contributed by atoms with Gasteiger partial charge in [-0.3, -0.25) is 10.1 Å². The summed E-state index contributed by atoms with van der Waals surface area (Å²) in [7, 11) is 0. The molecule has 1 unspecified atom stereocenters. The maximum Gasteiger partial charge on any atom is 0.325 e. The van der Waals surface area contributed by atoms with Crippen LogP contribution >= 0.6 is 23.1 Å². The van der Waals surface area contributed by atoms with E-state index in [1.54, 1.807) is 6.07 Å². The first-order chi connectivity index (χ1) is 13.5. The maximum atomic E-state index is 12.0. The van der Waals surface area contributed by atoms with E-state index < -0.39 is 11.9 Å². The summed E-state index contributed by atoms with van der Waals surface area (Å²) in [6.45, 7) is 5.48. The van der Waals surface area contributed by atoms with Crippen LogP contribution in [0.15, 0.2) is 22.5 Å². The van der Waals surface area contributed by atoms with Crippen LogP contribution in [0.4, 0.5) is 15.6 Å². The Balaban J connectivity index is 1.38. The Morgan fingerprint density at radius 2 is 2.14 bits per heavy atom. The van der Waals surface area contributed by atoms with E-state index in [1.807, 2.05) is 26.0 Å². The van der Waals surface area contributed by atoms with E-state index in [2.05, 4.69) is 26.1 Å². The number of rotatable bonds is 7. The molecule has 3 rings (SSSR count). The molecule has 1 aliphatic rings. The highest BCUT2D eigenvalue weighted by Crippen LogP contribution is 2.25. The van der Waals surface area contributed by atoms with E-state index in [-0.39, 0.29) is 11.9 Å². The van der Waals surface area contributed by atoms with E-state index in [0.29, 0.717) is 21.7 Å². The number of urea groups is 1. The molecule has 3 N–H and O–H groups in total. The van der Waals surface area contributed by atoms with Crippen LogP contribution in [0, 0.1) is 13.8 Å². The van der Waals surface area contributed by atoms with Gasteiger partial charge in [0.25, 0.3) is 0 Å². The van der Waals surface area contributed by atoms with Crippen molar-refractivity contribution >= 4 is 45.9 Å². The van der Waals surface area contributed by atoms with Gasteiger partial charge in [-0.25, -0.2) is 4.79 Å². The van der Waals surface area contributed by atoms with Gasteiger partial charge in [-0.15, -0.1) is 10.2 Å². The minimum Gasteiger partial charge on any atom is -0.376 e. The number of aromatic nitrogens is 2. The lowest BCUT2D eigenvalue weighted by Gasteiger charge is -2.08. The van der Waals surface area contributed by atoms with Crippen molar-refractivity contribution in [3.63, 3.8) is 0 Å². The molecule has 28 heavy (non-hydrogen) atoms. The number of nitrogens with zero attached hydrogens (tertiary/aromatic N) is 2. The average molecular weight is 422 g/mol. The largest absolute Gasteiger partial charge is 0.376 e. The number of hydrogen-bond donors (Lipinski definition) is 3. The van der Waals surface area contributed by atoms with E-state index in [9.17, 15) is 9.59 Å². The van der Waals surface area contributed by atoms with Gasteiger partial charge >= 0.3 is 6.03 Å². The van der Waals surface area contributed by atoms with E-state index in [1.165, 1.54) is 23.1 Å². The Hall–Kier alpha value is -2.17. The lowest BCUT2D eigenvalue weighted by molar-refractivity contribution is -0.117. The lowest BCUT2D eigenvalue weighted by atomic mass is 10.1. The number of benzene rings is 1. The molecule has 10 heteroatoms. The first-order valence-corrected chi connectivity index (χ1v) is 10.8. The highest BCUT2D eigenvalue weighted by molar-refractivity contribution is 8.01. The fourth-order valence-corrected chi connectivity index (χ4v) is 4.18. The summed E-state index contributed by atoms with van der Waals surface area (Å²) in [5.41, 5.74) is 2.85. The van der Waals surface area contributed by atoms with E-state index in [0.717, 1.165) is 30.6 Å². The zero-order valence-corrected chi connectivity index (χ0v) is 17.4. The van der Waals surface area contributed by atoms with E-state index in [4.69, 9.17) is 4.74 Å². The Morgan fingerprint density at radius 3 is 2.89 bits per heavy atom. The third-order valence-electron chi connectivity index (χ3n) is 4.26. The molecular weight excluding hydrogens is 398 g/mol. The lowest BCUT2D eigenvalue weighted by Crippen LogP contribution is -2.35. The number of anilines is 2. The van der Waals surface area contributed by atoms with Crippen LogP contribution in [0.25, 0.3) is 0 Å². The van der Waals surface area contributed by atoms with Crippen molar-refractivity contribution < 1.29 is 14.3 Å². The Morgan fingerprint density at radius 1 is 1.29 bits per heavy atom. The van der Waals surface area contributed by atoms with Crippen LogP contribution in [-0.4, -0.2) is 47.1 Å². The van der Waals surface area contributed by atoms with E-state index >= 15 is 0 Å². The molecule has 1 fully saturated rings. The molecule has 8 nitrogen and oxygen atoms in total. The van der Waals surface area contributed by atoms with Crippen molar-refractivity contribution in [1.82, 2.24) is 15.5 Å². The second-order valence-corrected chi connectivity index (χ2v) is 8.68. The number of ether oxygens (including phenoxy) is 1. The third kappa shape index (κ3) is 6.18. The molecule has 2 heterocycles. The minimum atomic E-state index is -0.551. The third-order valence-corrected chi connectivity index (χ3v) is 6.27. The number of hydrogen-bond acceptors (Lipinski definition) is 8. The topological polar surface area (TPSA) is 105 Å². The van der Waals surface area contributed by atoms with Gasteiger partial charge in [0.15, 0.2) is 4.34 Å². The van der Waals surface area contributed by atoms with Crippen LogP contribution in [0.3, 0.4) is 0 Å². The van der Waals surface area contributed by atoms with Gasteiger partial charge in [-0.2, -0.15) is 0 Å². The predicted molar refractivity (Wildman–Crippen MR) is 111 cm³/mol. The monoisotopic (exact) mass is 421 g/mol. The van der Waals surface area contributed by atoms with Crippen LogP contribution < -0.4 is 16.0 Å². The first kappa shape index (κ1) is 20.6. The molecule has 150 valence electrons. The number of carbonyl (C=O) groups excluding carboxylic acids is 2. The minimum absolute atomic E-state index is 0.0840. The molecule has 2 aromatic rings. The summed E-state index contributed by atoms with van der Waals surface area (Å²) in [6.07, 6.45) is 2.37. The molecule has 1 aromatic heterocycles. The number of thioether (sulfide) groups is 1. The van der Waals surface area contributed by atoms with Gasteiger partial charge in [0.2, 0.25) is 11.0 Å². The van der Waals surface area contributed by atoms with Crippen LogP contribution in [0.5, 0.6) is 0 Å². The smallest absolute Gasteiger partial charge is 0.325 e. The molecule has 0 spiro atoms. The van der Waals surface area contributed by atoms with Gasteiger partial charge in [0.05, 0.1) is 11.9 Å². The normalized spacial score (nSPS) is 16.0. The predicted octanol–water partition coefficient (Wildman–Crippen LogP) is 3.19. The molecule has 0 saturated carbocycles. The van der Waals surface area contributed by atoms with Crippen molar-refractivity contribution in [3.05, 3.63) is 29.3 Å². The van der Waals surface area contributed by atoms with Gasteiger partial charge in [0.1, 0.15) is 0 Å². The molecule has 0 radical (unpaired) electrons. The zero-order chi connectivity index (χ0) is 19.9. The number of aryl methyl sites for hydroxylation is 2. The maximum absolute atomic E-state index is 12.0. The Kier molecular flexibility index (Phi) is 7.24. The van der Waals surface area contributed by atoms with Crippen molar-refractivity contribution in [2.24, 2.45) is 0 Å². The van der Waals surface area contributed by atoms with Crippen LogP contribution in [0.1, 0.15) is 24.0 Å².